The zero-order valence-electron chi connectivity index (χ0n) is 18.7. The van der Waals surface area contributed by atoms with Crippen LogP contribution in [0.1, 0.15) is 25.1 Å². The van der Waals surface area contributed by atoms with Crippen LogP contribution in [0.15, 0.2) is 59.7 Å². The first-order valence-corrected chi connectivity index (χ1v) is 10.7. The highest BCUT2D eigenvalue weighted by Gasteiger charge is 2.13. The second-order valence-electron chi connectivity index (χ2n) is 7.79. The zero-order chi connectivity index (χ0) is 22.3. The van der Waals surface area contributed by atoms with Crippen molar-refractivity contribution in [2.45, 2.75) is 32.9 Å². The van der Waals surface area contributed by atoms with Gasteiger partial charge in [0.25, 0.3) is 0 Å². The molecule has 8 nitrogen and oxygen atoms in total. The number of rotatable bonds is 8. The van der Waals surface area contributed by atoms with Gasteiger partial charge in [0.1, 0.15) is 5.75 Å². The fourth-order valence-corrected chi connectivity index (χ4v) is 3.30. The van der Waals surface area contributed by atoms with Crippen molar-refractivity contribution < 1.29 is 14.2 Å². The number of hydrogen-bond acceptors (Lipinski definition) is 5. The van der Waals surface area contributed by atoms with Crippen molar-refractivity contribution in [3.63, 3.8) is 0 Å². The van der Waals surface area contributed by atoms with Crippen molar-refractivity contribution in [1.29, 1.82) is 0 Å². The standard InChI is InChI=1S/C24H29N5O3/c1-17(2)32-21-7-5-19(6-8-21)28-24(26-15-20-11-13-27-29(20)3)25-12-10-18-4-9-22-23(14-18)31-16-30-22/h4-9,11,13-14,17H,10,12,15-16H2,1-3H3,(H2,25,26,28). The predicted octanol–water partition coefficient (Wildman–Crippen LogP) is 3.74. The molecule has 0 saturated heterocycles. The molecule has 8 heteroatoms. The van der Waals surface area contributed by atoms with E-state index in [4.69, 9.17) is 19.2 Å². The van der Waals surface area contributed by atoms with Gasteiger partial charge in [-0.25, -0.2) is 4.99 Å². The highest BCUT2D eigenvalue weighted by atomic mass is 16.7. The monoisotopic (exact) mass is 435 g/mol. The smallest absolute Gasteiger partial charge is 0.231 e. The van der Waals surface area contributed by atoms with Gasteiger partial charge in [-0.05, 0) is 68.3 Å². The summed E-state index contributed by atoms with van der Waals surface area (Å²) in [4.78, 5) is 4.74. The molecule has 1 aliphatic rings. The molecule has 3 aromatic rings. The Hall–Kier alpha value is -3.68. The molecule has 2 N–H and O–H groups in total. The van der Waals surface area contributed by atoms with Crippen LogP contribution in [0.4, 0.5) is 5.69 Å². The van der Waals surface area contributed by atoms with Crippen LogP contribution in [-0.2, 0) is 20.0 Å². The molecule has 0 atom stereocenters. The van der Waals surface area contributed by atoms with E-state index in [1.165, 1.54) is 5.56 Å². The van der Waals surface area contributed by atoms with Crippen molar-refractivity contribution in [2.24, 2.45) is 12.0 Å². The lowest BCUT2D eigenvalue weighted by molar-refractivity contribution is 0.174. The number of anilines is 1. The van der Waals surface area contributed by atoms with Gasteiger partial charge >= 0.3 is 0 Å². The molecule has 2 heterocycles. The largest absolute Gasteiger partial charge is 0.491 e. The third-order valence-electron chi connectivity index (χ3n) is 4.95. The Kier molecular flexibility index (Phi) is 6.79. The van der Waals surface area contributed by atoms with Crippen molar-refractivity contribution in [2.75, 3.05) is 18.7 Å². The van der Waals surface area contributed by atoms with Crippen LogP contribution in [0.25, 0.3) is 0 Å². The van der Waals surface area contributed by atoms with E-state index >= 15 is 0 Å². The van der Waals surface area contributed by atoms with E-state index in [0.717, 1.165) is 35.1 Å². The lowest BCUT2D eigenvalue weighted by Gasteiger charge is -2.14. The van der Waals surface area contributed by atoms with Gasteiger partial charge < -0.3 is 24.8 Å². The van der Waals surface area contributed by atoms with Gasteiger partial charge in [0.2, 0.25) is 6.79 Å². The number of nitrogens with zero attached hydrogens (tertiary/aromatic N) is 3. The van der Waals surface area contributed by atoms with Crippen LogP contribution in [-0.4, -0.2) is 35.2 Å². The Morgan fingerprint density at radius 2 is 1.94 bits per heavy atom. The first-order chi connectivity index (χ1) is 15.6. The normalized spacial score (nSPS) is 12.8. The molecule has 0 aliphatic carbocycles. The summed E-state index contributed by atoms with van der Waals surface area (Å²) in [7, 11) is 1.92. The third-order valence-corrected chi connectivity index (χ3v) is 4.95. The molecule has 4 rings (SSSR count). The van der Waals surface area contributed by atoms with Crippen molar-refractivity contribution in [3.8, 4) is 17.2 Å². The molecule has 168 valence electrons. The summed E-state index contributed by atoms with van der Waals surface area (Å²) >= 11 is 0. The van der Waals surface area contributed by atoms with Crippen molar-refractivity contribution in [1.82, 2.24) is 15.1 Å². The second kappa shape index (κ2) is 10.1. The zero-order valence-corrected chi connectivity index (χ0v) is 18.7. The third kappa shape index (κ3) is 5.72. The summed E-state index contributed by atoms with van der Waals surface area (Å²) in [6, 6.07) is 15.9. The van der Waals surface area contributed by atoms with E-state index in [0.29, 0.717) is 19.0 Å². The maximum absolute atomic E-state index is 5.73. The summed E-state index contributed by atoms with van der Waals surface area (Å²) in [5, 5.41) is 11.0. The van der Waals surface area contributed by atoms with Gasteiger partial charge in [0, 0.05) is 25.5 Å². The minimum absolute atomic E-state index is 0.141. The minimum atomic E-state index is 0.141. The van der Waals surface area contributed by atoms with Crippen LogP contribution in [0.3, 0.4) is 0 Å². The van der Waals surface area contributed by atoms with Gasteiger partial charge in [-0.2, -0.15) is 5.10 Å². The Bertz CT molecular complexity index is 1060. The molecule has 0 fully saturated rings. The van der Waals surface area contributed by atoms with E-state index in [2.05, 4.69) is 21.8 Å². The predicted molar refractivity (Wildman–Crippen MR) is 124 cm³/mol. The summed E-state index contributed by atoms with van der Waals surface area (Å²) in [5.41, 5.74) is 3.13. The Morgan fingerprint density at radius 1 is 1.12 bits per heavy atom. The second-order valence-corrected chi connectivity index (χ2v) is 7.79. The van der Waals surface area contributed by atoms with E-state index in [-0.39, 0.29) is 12.9 Å². The lowest BCUT2D eigenvalue weighted by Crippen LogP contribution is -2.32. The Labute approximate surface area is 188 Å². The number of aliphatic imine (C=N–C) groups is 1. The van der Waals surface area contributed by atoms with Crippen LogP contribution >= 0.6 is 0 Å². The number of benzene rings is 2. The average molecular weight is 436 g/mol. The molecule has 1 aromatic heterocycles. The molecule has 2 aromatic carbocycles. The van der Waals surface area contributed by atoms with Gasteiger partial charge in [0.05, 0.1) is 18.3 Å². The van der Waals surface area contributed by atoms with Crippen LogP contribution in [0.5, 0.6) is 17.2 Å². The molecule has 0 saturated carbocycles. The molecule has 0 radical (unpaired) electrons. The molecular weight excluding hydrogens is 406 g/mol. The number of nitrogens with one attached hydrogen (secondary N) is 2. The van der Waals surface area contributed by atoms with E-state index < -0.39 is 0 Å². The Balaban J connectivity index is 1.40. The first-order valence-electron chi connectivity index (χ1n) is 10.7. The topological polar surface area (TPSA) is 81.9 Å². The summed E-state index contributed by atoms with van der Waals surface area (Å²) in [6.45, 7) is 5.54. The number of ether oxygens (including phenoxy) is 3. The highest BCUT2D eigenvalue weighted by Crippen LogP contribution is 2.32. The van der Waals surface area contributed by atoms with Gasteiger partial charge in [-0.3, -0.25) is 4.68 Å². The van der Waals surface area contributed by atoms with Crippen molar-refractivity contribution >= 4 is 11.6 Å². The van der Waals surface area contributed by atoms with Crippen molar-refractivity contribution in [3.05, 3.63) is 66.0 Å². The lowest BCUT2D eigenvalue weighted by atomic mass is 10.1. The Morgan fingerprint density at radius 3 is 2.69 bits per heavy atom. The molecule has 0 unspecified atom stereocenters. The van der Waals surface area contributed by atoms with Crippen LogP contribution in [0.2, 0.25) is 0 Å². The molecule has 0 amide bonds. The summed E-state index contributed by atoms with van der Waals surface area (Å²) in [5.74, 6) is 3.14. The number of guanidine groups is 1. The fraction of sp³-hybridized carbons (Fsp3) is 0.333. The first kappa shape index (κ1) is 21.5. The number of aryl methyl sites for hydroxylation is 1. The maximum atomic E-state index is 5.73. The summed E-state index contributed by atoms with van der Waals surface area (Å²) < 4.78 is 18.4. The highest BCUT2D eigenvalue weighted by molar-refractivity contribution is 5.93. The fourth-order valence-electron chi connectivity index (χ4n) is 3.30. The number of aromatic nitrogens is 2. The van der Waals surface area contributed by atoms with Gasteiger partial charge in [-0.15, -0.1) is 0 Å². The van der Waals surface area contributed by atoms with Gasteiger partial charge in [0.15, 0.2) is 17.5 Å². The quantitative estimate of drug-likeness (QED) is 0.414. The molecule has 0 spiro atoms. The molecular formula is C24H29N5O3. The molecule has 1 aliphatic heterocycles. The number of fused-ring (bicyclic) bond motifs is 1. The summed E-state index contributed by atoms with van der Waals surface area (Å²) in [6.07, 6.45) is 2.74. The van der Waals surface area contributed by atoms with E-state index in [9.17, 15) is 0 Å². The molecule has 32 heavy (non-hydrogen) atoms. The maximum Gasteiger partial charge on any atom is 0.231 e. The van der Waals surface area contributed by atoms with Gasteiger partial charge in [-0.1, -0.05) is 6.07 Å². The SMILES string of the molecule is CC(C)Oc1ccc(NC(=NCc2ccnn2C)NCCc2ccc3c(c2)OCO3)cc1. The average Bonchev–Trinajstić information content (AvgIpc) is 3.41. The van der Waals surface area contributed by atoms with Crippen LogP contribution in [0, 0.1) is 0 Å². The van der Waals surface area contributed by atoms with E-state index in [1.807, 2.05) is 68.0 Å². The minimum Gasteiger partial charge on any atom is -0.491 e. The van der Waals surface area contributed by atoms with E-state index in [1.54, 1.807) is 6.20 Å². The molecule has 0 bridgehead atoms. The number of hydrogen-bond donors (Lipinski definition) is 2. The van der Waals surface area contributed by atoms with Crippen LogP contribution < -0.4 is 24.8 Å².